The number of likely N-dealkylation sites (N-methyl/N-ethyl adjacent to an activating group) is 1. The average molecular weight is 533 g/mol. The Bertz CT molecular complexity index is 1220. The first kappa shape index (κ1) is 26.8. The number of hydrogen-bond acceptors (Lipinski definition) is 5. The van der Waals surface area contributed by atoms with E-state index in [9.17, 15) is 28.2 Å². The average Bonchev–Trinajstić information content (AvgIpc) is 3.12. The SMILES string of the molecule is CN(C)CC(=O)Nc1ccc(O[C@H]2C[C@]3(C)[C@@H](O)CC[C@H]3[C@@H]3CCc4cc(O)ccc4[C@H]32)cc1C(F)(F)F. The van der Waals surface area contributed by atoms with Crippen molar-refractivity contribution in [3.63, 3.8) is 0 Å². The minimum absolute atomic E-state index is 0.0439. The summed E-state index contributed by atoms with van der Waals surface area (Å²) in [6.07, 6.45) is -1.81. The summed E-state index contributed by atoms with van der Waals surface area (Å²) in [7, 11) is 3.32. The monoisotopic (exact) mass is 532 g/mol. The molecule has 2 saturated carbocycles. The minimum Gasteiger partial charge on any atom is -0.508 e. The molecule has 0 heterocycles. The van der Waals surface area contributed by atoms with Gasteiger partial charge in [0.05, 0.1) is 23.9 Å². The smallest absolute Gasteiger partial charge is 0.418 e. The van der Waals surface area contributed by atoms with E-state index in [1.165, 1.54) is 12.1 Å². The van der Waals surface area contributed by atoms with Crippen molar-refractivity contribution in [2.75, 3.05) is 26.0 Å². The number of carbonyl (C=O) groups excluding carboxylic acids is 1. The Labute approximate surface area is 220 Å². The Balaban J connectivity index is 1.50. The number of benzene rings is 2. The number of aromatic hydroxyl groups is 1. The minimum atomic E-state index is -4.69. The number of nitrogens with one attached hydrogen (secondary N) is 1. The summed E-state index contributed by atoms with van der Waals surface area (Å²) in [5.41, 5.74) is 0.448. The van der Waals surface area contributed by atoms with Gasteiger partial charge in [0.25, 0.3) is 0 Å². The molecule has 2 aromatic carbocycles. The highest BCUT2D eigenvalue weighted by Crippen LogP contribution is 2.61. The number of phenols is 1. The number of aryl methyl sites for hydroxylation is 1. The molecule has 206 valence electrons. The molecule has 0 saturated heterocycles. The van der Waals surface area contributed by atoms with Crippen LogP contribution in [-0.2, 0) is 17.4 Å². The van der Waals surface area contributed by atoms with E-state index in [0.29, 0.717) is 18.8 Å². The molecule has 6 nitrogen and oxygen atoms in total. The fourth-order valence-electron chi connectivity index (χ4n) is 7.30. The predicted molar refractivity (Wildman–Crippen MR) is 137 cm³/mol. The van der Waals surface area contributed by atoms with Crippen molar-refractivity contribution < 1.29 is 32.9 Å². The Morgan fingerprint density at radius 2 is 1.92 bits per heavy atom. The Morgan fingerprint density at radius 1 is 1.16 bits per heavy atom. The zero-order chi connectivity index (χ0) is 27.4. The third-order valence-corrected chi connectivity index (χ3v) is 8.93. The largest absolute Gasteiger partial charge is 0.508 e. The van der Waals surface area contributed by atoms with Gasteiger partial charge in [0.15, 0.2) is 0 Å². The van der Waals surface area contributed by atoms with Crippen molar-refractivity contribution in [3.8, 4) is 11.5 Å². The second-order valence-corrected chi connectivity index (χ2v) is 11.7. The first-order valence-electron chi connectivity index (χ1n) is 13.2. The molecule has 0 aromatic heterocycles. The second kappa shape index (κ2) is 9.75. The van der Waals surface area contributed by atoms with Gasteiger partial charge in [-0.2, -0.15) is 13.2 Å². The van der Waals surface area contributed by atoms with Crippen molar-refractivity contribution in [2.45, 2.75) is 63.3 Å². The normalized spacial score (nSPS) is 30.4. The highest BCUT2D eigenvalue weighted by atomic mass is 19.4. The van der Waals surface area contributed by atoms with E-state index in [2.05, 4.69) is 12.2 Å². The molecule has 0 bridgehead atoms. The van der Waals surface area contributed by atoms with Crippen LogP contribution in [0.25, 0.3) is 0 Å². The molecular weight excluding hydrogens is 497 g/mol. The quantitative estimate of drug-likeness (QED) is 0.494. The van der Waals surface area contributed by atoms with Gasteiger partial charge in [-0.05, 0) is 99.5 Å². The van der Waals surface area contributed by atoms with E-state index in [0.717, 1.165) is 36.5 Å². The van der Waals surface area contributed by atoms with Crippen LogP contribution in [0.1, 0.15) is 55.2 Å². The lowest BCUT2D eigenvalue weighted by Crippen LogP contribution is -2.51. The molecule has 2 fully saturated rings. The van der Waals surface area contributed by atoms with Gasteiger partial charge in [0.1, 0.15) is 17.6 Å². The Kier molecular flexibility index (Phi) is 6.88. The van der Waals surface area contributed by atoms with Crippen molar-refractivity contribution in [3.05, 3.63) is 53.1 Å². The molecule has 0 aliphatic heterocycles. The third-order valence-electron chi connectivity index (χ3n) is 8.93. The maximum atomic E-state index is 14.0. The van der Waals surface area contributed by atoms with Gasteiger partial charge in [0, 0.05) is 11.3 Å². The number of anilines is 1. The first-order valence-corrected chi connectivity index (χ1v) is 13.2. The second-order valence-electron chi connectivity index (χ2n) is 11.7. The number of aliphatic hydroxyl groups excluding tert-OH is 1. The zero-order valence-electron chi connectivity index (χ0n) is 21.9. The number of hydrogen-bond donors (Lipinski definition) is 3. The van der Waals surface area contributed by atoms with Gasteiger partial charge in [-0.15, -0.1) is 0 Å². The van der Waals surface area contributed by atoms with E-state index >= 15 is 0 Å². The number of nitrogens with zero attached hydrogens (tertiary/aromatic N) is 1. The van der Waals surface area contributed by atoms with Crippen molar-refractivity contribution in [2.24, 2.45) is 17.3 Å². The van der Waals surface area contributed by atoms with Crippen LogP contribution in [0.5, 0.6) is 11.5 Å². The fourth-order valence-corrected chi connectivity index (χ4v) is 7.30. The summed E-state index contributed by atoms with van der Waals surface area (Å²) in [5.74, 6) is 0.187. The lowest BCUT2D eigenvalue weighted by Gasteiger charge is -2.53. The van der Waals surface area contributed by atoms with Crippen LogP contribution in [0, 0.1) is 17.3 Å². The van der Waals surface area contributed by atoms with Gasteiger partial charge in [-0.25, -0.2) is 0 Å². The van der Waals surface area contributed by atoms with Gasteiger partial charge in [-0.3, -0.25) is 4.79 Å². The van der Waals surface area contributed by atoms with Crippen LogP contribution >= 0.6 is 0 Å². The molecule has 0 radical (unpaired) electrons. The maximum absolute atomic E-state index is 14.0. The Hall–Kier alpha value is -2.78. The highest BCUT2D eigenvalue weighted by molar-refractivity contribution is 5.93. The number of ether oxygens (including phenoxy) is 1. The van der Waals surface area contributed by atoms with E-state index < -0.39 is 29.9 Å². The van der Waals surface area contributed by atoms with Crippen molar-refractivity contribution in [1.29, 1.82) is 0 Å². The zero-order valence-corrected chi connectivity index (χ0v) is 21.9. The molecule has 3 N–H and O–H groups in total. The van der Waals surface area contributed by atoms with Crippen LogP contribution in [-0.4, -0.2) is 53.9 Å². The Morgan fingerprint density at radius 3 is 2.63 bits per heavy atom. The van der Waals surface area contributed by atoms with E-state index in [-0.39, 0.29) is 41.0 Å². The summed E-state index contributed by atoms with van der Waals surface area (Å²) >= 11 is 0. The maximum Gasteiger partial charge on any atom is 0.418 e. The number of phenolic OH excluding ortho intramolecular Hbond substituents is 1. The van der Waals surface area contributed by atoms with E-state index in [1.807, 2.05) is 6.07 Å². The predicted octanol–water partition coefficient (Wildman–Crippen LogP) is 5.19. The number of aliphatic hydroxyl groups is 1. The van der Waals surface area contributed by atoms with Crippen LogP contribution < -0.4 is 10.1 Å². The number of fused-ring (bicyclic) bond motifs is 5. The van der Waals surface area contributed by atoms with E-state index in [1.54, 1.807) is 31.1 Å². The van der Waals surface area contributed by atoms with Gasteiger partial charge in [0.2, 0.25) is 5.91 Å². The van der Waals surface area contributed by atoms with Crippen LogP contribution in [0.4, 0.5) is 18.9 Å². The lowest BCUT2D eigenvalue weighted by atomic mass is 9.54. The van der Waals surface area contributed by atoms with Gasteiger partial charge < -0.3 is 25.2 Å². The third kappa shape index (κ3) is 4.86. The molecule has 5 rings (SSSR count). The lowest BCUT2D eigenvalue weighted by molar-refractivity contribution is -0.137. The summed E-state index contributed by atoms with van der Waals surface area (Å²) in [6, 6.07) is 9.01. The number of halogens is 3. The first-order chi connectivity index (χ1) is 17.9. The molecular formula is C29H35F3N2O4. The molecule has 6 atom stereocenters. The number of rotatable bonds is 5. The van der Waals surface area contributed by atoms with Crippen LogP contribution in [0.15, 0.2) is 36.4 Å². The number of alkyl halides is 3. The van der Waals surface area contributed by atoms with Crippen LogP contribution in [0.2, 0.25) is 0 Å². The summed E-state index contributed by atoms with van der Waals surface area (Å²) < 4.78 is 48.5. The van der Waals surface area contributed by atoms with Crippen LogP contribution in [0.3, 0.4) is 0 Å². The summed E-state index contributed by atoms with van der Waals surface area (Å²) in [6.45, 7) is 2.04. The molecule has 3 aliphatic rings. The summed E-state index contributed by atoms with van der Waals surface area (Å²) in [4.78, 5) is 13.8. The summed E-state index contributed by atoms with van der Waals surface area (Å²) in [5, 5.41) is 23.4. The molecule has 0 spiro atoms. The molecule has 3 aliphatic carbocycles. The number of amides is 1. The van der Waals surface area contributed by atoms with Gasteiger partial charge >= 0.3 is 6.18 Å². The molecule has 38 heavy (non-hydrogen) atoms. The van der Waals surface area contributed by atoms with Gasteiger partial charge in [-0.1, -0.05) is 13.0 Å². The molecule has 9 heteroatoms. The van der Waals surface area contributed by atoms with Crippen molar-refractivity contribution >= 4 is 11.6 Å². The molecule has 2 aromatic rings. The highest BCUT2D eigenvalue weighted by Gasteiger charge is 2.58. The standard InChI is InChI=1S/C29H35F3N2O4/c1-28-14-24(38-18-6-10-23(22(13-18)29(30,31)32)33-26(37)15-34(2)3)27-19-8-5-17(35)12-16(19)4-7-20(27)21(28)9-11-25(28)36/h5-6,8,10,12-13,20-21,24-25,27,35-36H,4,7,9,11,14-15H2,1-3H3,(H,33,37)/t20-,21-,24-,25-,27+,28-/m0/s1. The topological polar surface area (TPSA) is 82.0 Å². The van der Waals surface area contributed by atoms with Crippen molar-refractivity contribution in [1.82, 2.24) is 4.90 Å². The number of carbonyl (C=O) groups is 1. The van der Waals surface area contributed by atoms with E-state index in [4.69, 9.17) is 4.74 Å². The molecule has 0 unspecified atom stereocenters. The fraction of sp³-hybridized carbons (Fsp3) is 0.552. The molecule has 1 amide bonds.